The van der Waals surface area contributed by atoms with Crippen LogP contribution in [-0.2, 0) is 13.0 Å². The van der Waals surface area contributed by atoms with E-state index in [0.29, 0.717) is 12.4 Å². The molecule has 0 spiro atoms. The smallest absolute Gasteiger partial charge is 0.406 e. The van der Waals surface area contributed by atoms with E-state index in [9.17, 15) is 13.2 Å². The van der Waals surface area contributed by atoms with Gasteiger partial charge in [-0.3, -0.25) is 0 Å². The van der Waals surface area contributed by atoms with Crippen LogP contribution in [0.25, 0.3) is 11.3 Å². The van der Waals surface area contributed by atoms with Crippen LogP contribution in [-0.4, -0.2) is 22.9 Å². The molecular formula is C19H22F3N3OS. The van der Waals surface area contributed by atoms with Crippen LogP contribution < -0.4 is 10.1 Å². The molecule has 0 radical (unpaired) electrons. The van der Waals surface area contributed by atoms with E-state index < -0.39 is 6.36 Å². The number of allylic oxidation sites excluding steroid dienone is 1. The maximum absolute atomic E-state index is 12.4. The van der Waals surface area contributed by atoms with Gasteiger partial charge >= 0.3 is 6.36 Å². The molecule has 8 heteroatoms. The fourth-order valence-electron chi connectivity index (χ4n) is 2.75. The monoisotopic (exact) mass is 397 g/mol. The van der Waals surface area contributed by atoms with Crippen LogP contribution in [0.4, 0.5) is 13.2 Å². The van der Waals surface area contributed by atoms with E-state index in [2.05, 4.69) is 32.4 Å². The Labute approximate surface area is 161 Å². The van der Waals surface area contributed by atoms with Crippen LogP contribution in [0.2, 0.25) is 0 Å². The minimum absolute atomic E-state index is 0. The molecule has 1 aliphatic heterocycles. The number of fused-ring (bicyclic) bond motifs is 1. The number of nitrogens with one attached hydrogen (secondary N) is 1. The molecule has 1 aliphatic rings. The largest absolute Gasteiger partial charge is 0.573 e. The quantitative estimate of drug-likeness (QED) is 0.667. The number of rotatable bonds is 6. The van der Waals surface area contributed by atoms with Gasteiger partial charge in [0.05, 0.1) is 12.2 Å². The van der Waals surface area contributed by atoms with Gasteiger partial charge < -0.3 is 10.1 Å². The highest BCUT2D eigenvalue weighted by molar-refractivity contribution is 8.02. The van der Waals surface area contributed by atoms with Crippen molar-refractivity contribution in [2.75, 3.05) is 6.54 Å². The lowest BCUT2D eigenvalue weighted by molar-refractivity contribution is -0.274. The molecule has 0 saturated heterocycles. The molecule has 2 aromatic rings. The first kappa shape index (κ1) is 19.7. The molecular weight excluding hydrogens is 375 g/mol. The molecule has 0 aliphatic carbocycles. The summed E-state index contributed by atoms with van der Waals surface area (Å²) in [5.74, 6) is 0.424. The fourth-order valence-corrected chi connectivity index (χ4v) is 3.75. The highest BCUT2D eigenvalue weighted by Gasteiger charge is 2.31. The predicted molar refractivity (Wildman–Crippen MR) is 102 cm³/mol. The number of halogens is 3. The Bertz CT molecular complexity index is 842. The Morgan fingerprint density at radius 1 is 1.19 bits per heavy atom. The van der Waals surface area contributed by atoms with Crippen LogP contribution in [0.3, 0.4) is 0 Å². The molecule has 0 fully saturated rings. The first-order valence-electron chi connectivity index (χ1n) is 8.71. The molecule has 0 atom stereocenters. The van der Waals surface area contributed by atoms with E-state index in [0.717, 1.165) is 41.2 Å². The standard InChI is InChI=1S/C19H20F3N3OS.H2/c1-3-12-9-15-17(13-5-7-14(8-6-13)26-19(20,21)22)24-16(10-23-4-2)25-18(15)27-11-12;/h5-8,11,23H,3-4,9-10H2,1-2H3;1H. The minimum atomic E-state index is -4.70. The predicted octanol–water partition coefficient (Wildman–Crippen LogP) is 5.34. The number of thioether (sulfide) groups is 1. The summed E-state index contributed by atoms with van der Waals surface area (Å²) in [5.41, 5.74) is 3.81. The van der Waals surface area contributed by atoms with Gasteiger partial charge in [-0.2, -0.15) is 0 Å². The summed E-state index contributed by atoms with van der Waals surface area (Å²) in [6.45, 7) is 5.44. The van der Waals surface area contributed by atoms with Crippen molar-refractivity contribution < 1.29 is 19.3 Å². The van der Waals surface area contributed by atoms with Gasteiger partial charge in [-0.25, -0.2) is 9.97 Å². The highest BCUT2D eigenvalue weighted by Crippen LogP contribution is 2.37. The van der Waals surface area contributed by atoms with Crippen molar-refractivity contribution in [3.8, 4) is 17.0 Å². The molecule has 146 valence electrons. The van der Waals surface area contributed by atoms with Crippen molar-refractivity contribution >= 4 is 11.8 Å². The van der Waals surface area contributed by atoms with Gasteiger partial charge in [0.25, 0.3) is 0 Å². The Kier molecular flexibility index (Phi) is 6.06. The number of aromatic nitrogens is 2. The number of nitrogens with zero attached hydrogens (tertiary/aromatic N) is 2. The minimum Gasteiger partial charge on any atom is -0.406 e. The Morgan fingerprint density at radius 2 is 1.93 bits per heavy atom. The summed E-state index contributed by atoms with van der Waals surface area (Å²) in [7, 11) is 0. The molecule has 1 aromatic heterocycles. The van der Waals surface area contributed by atoms with E-state index in [-0.39, 0.29) is 7.18 Å². The van der Waals surface area contributed by atoms with Crippen LogP contribution >= 0.6 is 11.8 Å². The fraction of sp³-hybridized carbons (Fsp3) is 0.368. The van der Waals surface area contributed by atoms with Crippen LogP contribution in [0.15, 0.2) is 40.3 Å². The summed E-state index contributed by atoms with van der Waals surface area (Å²) in [6.07, 6.45) is -3.02. The SMILES string of the molecule is CCNCc1nc2c(c(-c3ccc(OC(F)(F)F)cc3)n1)CC(CC)=CS2.[HH]. The van der Waals surface area contributed by atoms with Crippen LogP contribution in [0.1, 0.15) is 33.1 Å². The Hall–Kier alpha value is -2.06. The maximum atomic E-state index is 12.4. The zero-order valence-electron chi connectivity index (χ0n) is 15.1. The molecule has 3 rings (SSSR count). The van der Waals surface area contributed by atoms with Crippen molar-refractivity contribution in [3.63, 3.8) is 0 Å². The lowest BCUT2D eigenvalue weighted by Gasteiger charge is -2.19. The van der Waals surface area contributed by atoms with Crippen molar-refractivity contribution in [1.82, 2.24) is 15.3 Å². The summed E-state index contributed by atoms with van der Waals surface area (Å²) in [6, 6.07) is 5.84. The summed E-state index contributed by atoms with van der Waals surface area (Å²) in [5, 5.41) is 6.24. The van der Waals surface area contributed by atoms with Crippen LogP contribution in [0, 0.1) is 0 Å². The van der Waals surface area contributed by atoms with Gasteiger partial charge in [0.1, 0.15) is 16.6 Å². The molecule has 1 aromatic carbocycles. The van der Waals surface area contributed by atoms with E-state index >= 15 is 0 Å². The van der Waals surface area contributed by atoms with Crippen molar-refractivity contribution in [2.45, 2.75) is 44.6 Å². The first-order valence-corrected chi connectivity index (χ1v) is 9.58. The lowest BCUT2D eigenvalue weighted by Crippen LogP contribution is -2.17. The number of hydrogen-bond donors (Lipinski definition) is 1. The van der Waals surface area contributed by atoms with Crippen molar-refractivity contribution in [2.24, 2.45) is 0 Å². The van der Waals surface area contributed by atoms with Crippen LogP contribution in [0.5, 0.6) is 5.75 Å². The van der Waals surface area contributed by atoms with Crippen molar-refractivity contribution in [1.29, 1.82) is 0 Å². The van der Waals surface area contributed by atoms with E-state index in [1.54, 1.807) is 23.9 Å². The molecule has 0 bridgehead atoms. The Balaban J connectivity index is 0.00000280. The van der Waals surface area contributed by atoms with E-state index in [1.807, 2.05) is 6.92 Å². The first-order chi connectivity index (χ1) is 12.9. The number of hydrogen-bond acceptors (Lipinski definition) is 5. The second-order valence-electron chi connectivity index (χ2n) is 6.05. The van der Waals surface area contributed by atoms with Gasteiger partial charge in [-0.1, -0.05) is 31.2 Å². The van der Waals surface area contributed by atoms with Crippen molar-refractivity contribution in [3.05, 3.63) is 46.6 Å². The number of alkyl halides is 3. The zero-order chi connectivity index (χ0) is 19.4. The normalized spacial score (nSPS) is 13.9. The summed E-state index contributed by atoms with van der Waals surface area (Å²) < 4.78 is 41.1. The average molecular weight is 397 g/mol. The summed E-state index contributed by atoms with van der Waals surface area (Å²) in [4.78, 5) is 9.33. The third-order valence-corrected chi connectivity index (χ3v) is 5.12. The average Bonchev–Trinajstić information content (AvgIpc) is 2.64. The van der Waals surface area contributed by atoms with Gasteiger partial charge in [0.2, 0.25) is 0 Å². The lowest BCUT2D eigenvalue weighted by atomic mass is 10.00. The third-order valence-electron chi connectivity index (χ3n) is 4.11. The van der Waals surface area contributed by atoms with E-state index in [4.69, 9.17) is 0 Å². The molecule has 0 amide bonds. The highest BCUT2D eigenvalue weighted by atomic mass is 32.2. The molecule has 1 N–H and O–H groups in total. The van der Waals surface area contributed by atoms with Gasteiger partial charge in [-0.05, 0) is 49.1 Å². The molecule has 2 heterocycles. The van der Waals surface area contributed by atoms with Gasteiger partial charge in [-0.15, -0.1) is 13.2 Å². The number of ether oxygens (including phenoxy) is 1. The number of benzene rings is 1. The Morgan fingerprint density at radius 3 is 2.56 bits per heavy atom. The molecule has 4 nitrogen and oxygen atoms in total. The van der Waals surface area contributed by atoms with E-state index in [1.165, 1.54) is 17.7 Å². The third kappa shape index (κ3) is 5.01. The molecule has 0 unspecified atom stereocenters. The molecule has 0 saturated carbocycles. The van der Waals surface area contributed by atoms with Gasteiger partial charge in [0, 0.05) is 12.6 Å². The summed E-state index contributed by atoms with van der Waals surface area (Å²) >= 11 is 1.57. The molecule has 27 heavy (non-hydrogen) atoms. The topological polar surface area (TPSA) is 47.0 Å². The van der Waals surface area contributed by atoms with Gasteiger partial charge in [0.15, 0.2) is 0 Å². The second-order valence-corrected chi connectivity index (χ2v) is 6.91. The second kappa shape index (κ2) is 8.31. The zero-order valence-corrected chi connectivity index (χ0v) is 15.9. The maximum Gasteiger partial charge on any atom is 0.573 e.